The number of aromatic carboxylic acids is 1. The Balaban J connectivity index is 1.85. The number of pyridine rings is 1. The van der Waals surface area contributed by atoms with Crippen molar-refractivity contribution in [1.82, 2.24) is 9.88 Å². The molecule has 6 heteroatoms. The van der Waals surface area contributed by atoms with Crippen molar-refractivity contribution in [3.63, 3.8) is 0 Å². The Labute approximate surface area is 138 Å². The predicted molar refractivity (Wildman–Crippen MR) is 88.1 cm³/mol. The highest BCUT2D eigenvalue weighted by Crippen LogP contribution is 2.39. The van der Waals surface area contributed by atoms with Gasteiger partial charge in [0.2, 0.25) is 5.91 Å². The highest BCUT2D eigenvalue weighted by Gasteiger charge is 2.33. The lowest BCUT2D eigenvalue weighted by Gasteiger charge is -2.25. The van der Waals surface area contributed by atoms with Gasteiger partial charge in [-0.3, -0.25) is 9.78 Å². The van der Waals surface area contributed by atoms with Crippen LogP contribution < -0.4 is 0 Å². The third kappa shape index (κ3) is 3.22. The average Bonchev–Trinajstić information content (AvgIpc) is 2.91. The molecule has 1 amide bonds. The molecule has 5 nitrogen and oxygen atoms in total. The van der Waals surface area contributed by atoms with E-state index in [4.69, 9.17) is 5.11 Å². The summed E-state index contributed by atoms with van der Waals surface area (Å²) < 4.78 is 0. The molecule has 1 saturated heterocycles. The summed E-state index contributed by atoms with van der Waals surface area (Å²) in [7, 11) is 0. The van der Waals surface area contributed by atoms with Crippen molar-refractivity contribution < 1.29 is 14.7 Å². The number of carbonyl (C=O) groups excluding carboxylic acids is 1. The van der Waals surface area contributed by atoms with Gasteiger partial charge in [-0.15, -0.1) is 11.8 Å². The lowest BCUT2D eigenvalue weighted by Crippen LogP contribution is -2.28. The highest BCUT2D eigenvalue weighted by atomic mass is 32.2. The molecule has 1 aliphatic rings. The normalized spacial score (nSPS) is 17.5. The van der Waals surface area contributed by atoms with Crippen LogP contribution in [0.15, 0.2) is 42.7 Å². The second kappa shape index (κ2) is 6.42. The van der Waals surface area contributed by atoms with Crippen LogP contribution in [0.3, 0.4) is 0 Å². The minimum atomic E-state index is -0.944. The highest BCUT2D eigenvalue weighted by molar-refractivity contribution is 8.00. The predicted octanol–water partition coefficient (Wildman–Crippen LogP) is 2.86. The largest absolute Gasteiger partial charge is 0.478 e. The number of hydrogen-bond donors (Lipinski definition) is 1. The molecular formula is C17H16N2O3S. The van der Waals surface area contributed by atoms with Gasteiger partial charge in [0.05, 0.1) is 11.3 Å². The number of benzene rings is 1. The SMILES string of the molecule is Cc1cc(C(=O)O)ccc1CN1C(=O)CSC1c1cccnc1. The van der Waals surface area contributed by atoms with Gasteiger partial charge in [-0.25, -0.2) is 4.79 Å². The van der Waals surface area contributed by atoms with E-state index in [0.29, 0.717) is 12.3 Å². The monoisotopic (exact) mass is 328 g/mol. The summed E-state index contributed by atoms with van der Waals surface area (Å²) in [5.74, 6) is -0.405. The quantitative estimate of drug-likeness (QED) is 0.934. The summed E-state index contributed by atoms with van der Waals surface area (Å²) in [6.07, 6.45) is 3.49. The fraction of sp³-hybridized carbons (Fsp3) is 0.235. The summed E-state index contributed by atoms with van der Waals surface area (Å²) >= 11 is 1.59. The first kappa shape index (κ1) is 15.6. The zero-order chi connectivity index (χ0) is 16.4. The van der Waals surface area contributed by atoms with E-state index in [1.165, 1.54) is 0 Å². The smallest absolute Gasteiger partial charge is 0.335 e. The summed E-state index contributed by atoms with van der Waals surface area (Å²) in [4.78, 5) is 29.2. The van der Waals surface area contributed by atoms with Crippen molar-refractivity contribution in [2.45, 2.75) is 18.8 Å². The Kier molecular flexibility index (Phi) is 4.34. The Morgan fingerprint density at radius 1 is 1.43 bits per heavy atom. The van der Waals surface area contributed by atoms with Crippen molar-refractivity contribution in [2.75, 3.05) is 5.75 Å². The molecule has 3 rings (SSSR count). The van der Waals surface area contributed by atoms with Crippen molar-refractivity contribution in [2.24, 2.45) is 0 Å². The number of carbonyl (C=O) groups is 2. The van der Waals surface area contributed by atoms with Crippen LogP contribution in [-0.4, -0.2) is 32.6 Å². The number of amides is 1. The van der Waals surface area contributed by atoms with E-state index in [1.807, 2.05) is 24.0 Å². The van der Waals surface area contributed by atoms with Crippen LogP contribution >= 0.6 is 11.8 Å². The van der Waals surface area contributed by atoms with Crippen molar-refractivity contribution >= 4 is 23.6 Å². The van der Waals surface area contributed by atoms with Gasteiger partial charge in [-0.1, -0.05) is 12.1 Å². The maximum absolute atomic E-state index is 12.2. The van der Waals surface area contributed by atoms with Crippen LogP contribution in [-0.2, 0) is 11.3 Å². The van der Waals surface area contributed by atoms with E-state index in [1.54, 1.807) is 42.4 Å². The third-order valence-electron chi connectivity index (χ3n) is 3.87. The topological polar surface area (TPSA) is 70.5 Å². The van der Waals surface area contributed by atoms with Crippen LogP contribution in [0.1, 0.15) is 32.4 Å². The molecule has 1 N–H and O–H groups in total. The Hall–Kier alpha value is -2.34. The number of rotatable bonds is 4. The summed E-state index contributed by atoms with van der Waals surface area (Å²) in [6, 6.07) is 8.84. The van der Waals surface area contributed by atoms with Crippen molar-refractivity contribution in [3.05, 3.63) is 65.0 Å². The third-order valence-corrected chi connectivity index (χ3v) is 5.12. The van der Waals surface area contributed by atoms with E-state index in [-0.39, 0.29) is 16.8 Å². The number of aromatic nitrogens is 1. The van der Waals surface area contributed by atoms with E-state index >= 15 is 0 Å². The van der Waals surface area contributed by atoms with E-state index < -0.39 is 5.97 Å². The molecule has 23 heavy (non-hydrogen) atoms. The second-order valence-corrected chi connectivity index (χ2v) is 6.49. The van der Waals surface area contributed by atoms with Crippen LogP contribution in [0, 0.1) is 6.92 Å². The number of hydrogen-bond acceptors (Lipinski definition) is 4. The van der Waals surface area contributed by atoms with Crippen LogP contribution in [0.25, 0.3) is 0 Å². The lowest BCUT2D eigenvalue weighted by molar-refractivity contribution is -0.128. The van der Waals surface area contributed by atoms with E-state index in [9.17, 15) is 9.59 Å². The molecule has 1 fully saturated rings. The number of nitrogens with zero attached hydrogens (tertiary/aromatic N) is 2. The maximum atomic E-state index is 12.2. The van der Waals surface area contributed by atoms with Gasteiger partial charge in [0, 0.05) is 24.5 Å². The molecule has 1 aromatic carbocycles. The van der Waals surface area contributed by atoms with Crippen molar-refractivity contribution in [3.8, 4) is 0 Å². The van der Waals surface area contributed by atoms with Crippen LogP contribution in [0.5, 0.6) is 0 Å². The molecule has 1 unspecified atom stereocenters. The van der Waals surface area contributed by atoms with Gasteiger partial charge in [0.15, 0.2) is 0 Å². The Morgan fingerprint density at radius 3 is 2.91 bits per heavy atom. The fourth-order valence-electron chi connectivity index (χ4n) is 2.61. The Bertz CT molecular complexity index is 749. The second-order valence-electron chi connectivity index (χ2n) is 5.42. The number of carboxylic acids is 1. The molecule has 2 aromatic rings. The molecule has 1 aromatic heterocycles. The van der Waals surface area contributed by atoms with E-state index in [2.05, 4.69) is 4.98 Å². The van der Waals surface area contributed by atoms with Gasteiger partial charge in [-0.2, -0.15) is 0 Å². The van der Waals surface area contributed by atoms with E-state index in [0.717, 1.165) is 16.7 Å². The lowest BCUT2D eigenvalue weighted by atomic mass is 10.0. The van der Waals surface area contributed by atoms with Gasteiger partial charge >= 0.3 is 5.97 Å². The molecule has 0 aliphatic carbocycles. The zero-order valence-corrected chi connectivity index (χ0v) is 13.4. The maximum Gasteiger partial charge on any atom is 0.335 e. The minimum absolute atomic E-state index is 0.0465. The molecule has 0 saturated carbocycles. The molecule has 1 aliphatic heterocycles. The van der Waals surface area contributed by atoms with Gasteiger partial charge < -0.3 is 10.0 Å². The first-order chi connectivity index (χ1) is 11.1. The minimum Gasteiger partial charge on any atom is -0.478 e. The number of thioether (sulfide) groups is 1. The summed E-state index contributed by atoms with van der Waals surface area (Å²) in [5.41, 5.74) is 3.10. The molecule has 0 radical (unpaired) electrons. The summed E-state index contributed by atoms with van der Waals surface area (Å²) in [5, 5.41) is 9.00. The van der Waals surface area contributed by atoms with Gasteiger partial charge in [0.25, 0.3) is 0 Å². The molecular weight excluding hydrogens is 312 g/mol. The molecule has 0 bridgehead atoms. The number of carboxylic acid groups (broad SMARTS) is 1. The van der Waals surface area contributed by atoms with Crippen LogP contribution in [0.2, 0.25) is 0 Å². The molecule has 2 heterocycles. The molecule has 0 spiro atoms. The first-order valence-corrected chi connectivity index (χ1v) is 8.25. The zero-order valence-electron chi connectivity index (χ0n) is 12.6. The fourth-order valence-corrected chi connectivity index (χ4v) is 3.78. The average molecular weight is 328 g/mol. The standard InChI is InChI=1S/C17H16N2O3S/c1-11-7-12(17(21)22)4-5-14(11)9-19-15(20)10-23-16(19)13-3-2-6-18-8-13/h2-8,16H,9-10H2,1H3,(H,21,22). The first-order valence-electron chi connectivity index (χ1n) is 7.20. The summed E-state index contributed by atoms with van der Waals surface area (Å²) in [6.45, 7) is 2.34. The molecule has 118 valence electrons. The van der Waals surface area contributed by atoms with Gasteiger partial charge in [-0.05, 0) is 36.2 Å². The number of aryl methyl sites for hydroxylation is 1. The molecule has 1 atom stereocenters. The van der Waals surface area contributed by atoms with Crippen molar-refractivity contribution in [1.29, 1.82) is 0 Å². The Morgan fingerprint density at radius 2 is 2.26 bits per heavy atom. The van der Waals surface area contributed by atoms with Gasteiger partial charge in [0.1, 0.15) is 5.37 Å². The van der Waals surface area contributed by atoms with Crippen LogP contribution in [0.4, 0.5) is 0 Å².